The van der Waals surface area contributed by atoms with Crippen LogP contribution in [-0.4, -0.2) is 30.2 Å². The molecular formula is C9H9NO6. The Bertz CT molecular complexity index is 442. The van der Waals surface area contributed by atoms with E-state index in [1.54, 1.807) is 0 Å². The van der Waals surface area contributed by atoms with Crippen LogP contribution in [0.3, 0.4) is 0 Å². The third-order valence-electron chi connectivity index (χ3n) is 1.93. The van der Waals surface area contributed by atoms with Gasteiger partial charge in [-0.2, -0.15) is 0 Å². The highest BCUT2D eigenvalue weighted by Gasteiger charge is 2.26. The molecule has 0 radical (unpaired) electrons. The zero-order valence-electron chi connectivity index (χ0n) is 8.59. The van der Waals surface area contributed by atoms with Crippen LogP contribution in [0.2, 0.25) is 0 Å². The van der Waals surface area contributed by atoms with Gasteiger partial charge in [0.05, 0.1) is 19.1 Å². The number of carboxylic acid groups (broad SMARTS) is 1. The average molecular weight is 227 g/mol. The minimum atomic E-state index is -1.35. The number of hydrogen-bond acceptors (Lipinski definition) is 5. The molecule has 0 amide bonds. The van der Waals surface area contributed by atoms with Crippen molar-refractivity contribution in [2.75, 3.05) is 14.2 Å². The number of rotatable bonds is 4. The van der Waals surface area contributed by atoms with Gasteiger partial charge in [0.2, 0.25) is 5.75 Å². The molecular weight excluding hydrogens is 218 g/mol. The summed E-state index contributed by atoms with van der Waals surface area (Å²) in [6.45, 7) is 0. The fourth-order valence-corrected chi connectivity index (χ4v) is 1.28. The topological polar surface area (TPSA) is 98.9 Å². The molecule has 1 aromatic rings. The molecule has 0 aliphatic rings. The zero-order valence-corrected chi connectivity index (χ0v) is 8.59. The first-order valence-corrected chi connectivity index (χ1v) is 4.15. The smallest absolute Gasteiger partial charge is 0.343 e. The van der Waals surface area contributed by atoms with E-state index in [9.17, 15) is 14.9 Å². The van der Waals surface area contributed by atoms with Crippen molar-refractivity contribution in [3.63, 3.8) is 0 Å². The van der Waals surface area contributed by atoms with Crippen molar-refractivity contribution in [3.05, 3.63) is 27.8 Å². The van der Waals surface area contributed by atoms with Crippen molar-refractivity contribution in [1.29, 1.82) is 0 Å². The Hall–Kier alpha value is -2.31. The maximum absolute atomic E-state index is 11.0. The second-order valence-electron chi connectivity index (χ2n) is 2.76. The summed E-state index contributed by atoms with van der Waals surface area (Å²) in [5, 5.41) is 19.6. The van der Waals surface area contributed by atoms with Crippen molar-refractivity contribution in [2.24, 2.45) is 0 Å². The Kier molecular flexibility index (Phi) is 3.29. The van der Waals surface area contributed by atoms with Gasteiger partial charge in [-0.25, -0.2) is 4.79 Å². The third kappa shape index (κ3) is 1.88. The first kappa shape index (κ1) is 11.8. The summed E-state index contributed by atoms with van der Waals surface area (Å²) < 4.78 is 9.54. The summed E-state index contributed by atoms with van der Waals surface area (Å²) in [7, 11) is 2.43. The summed E-state index contributed by atoms with van der Waals surface area (Å²) in [6, 6.07) is 2.34. The number of aromatic carboxylic acids is 1. The van der Waals surface area contributed by atoms with Gasteiger partial charge < -0.3 is 14.6 Å². The highest BCUT2D eigenvalue weighted by atomic mass is 16.6. The monoisotopic (exact) mass is 227 g/mol. The summed E-state index contributed by atoms with van der Waals surface area (Å²) in [6.07, 6.45) is 0. The maximum atomic E-state index is 11.0. The highest BCUT2D eigenvalue weighted by Crippen LogP contribution is 2.36. The Balaban J connectivity index is 3.56. The van der Waals surface area contributed by atoms with E-state index in [0.717, 1.165) is 13.2 Å². The quantitative estimate of drug-likeness (QED) is 0.614. The molecule has 7 nitrogen and oxygen atoms in total. The van der Waals surface area contributed by atoms with Crippen molar-refractivity contribution in [2.45, 2.75) is 0 Å². The van der Waals surface area contributed by atoms with Crippen molar-refractivity contribution in [1.82, 2.24) is 0 Å². The summed E-state index contributed by atoms with van der Waals surface area (Å²) in [4.78, 5) is 20.9. The van der Waals surface area contributed by atoms with Crippen molar-refractivity contribution in [3.8, 4) is 11.5 Å². The molecule has 0 saturated heterocycles. The van der Waals surface area contributed by atoms with E-state index in [2.05, 4.69) is 0 Å². The molecule has 0 bridgehead atoms. The van der Waals surface area contributed by atoms with E-state index < -0.39 is 16.6 Å². The molecule has 1 rings (SSSR count). The lowest BCUT2D eigenvalue weighted by Gasteiger charge is -2.09. The molecule has 0 saturated carbocycles. The Morgan fingerprint density at radius 3 is 2.38 bits per heavy atom. The molecule has 0 aliphatic carbocycles. The van der Waals surface area contributed by atoms with Crippen LogP contribution >= 0.6 is 0 Å². The van der Waals surface area contributed by atoms with E-state index in [1.807, 2.05) is 0 Å². The van der Waals surface area contributed by atoms with Crippen LogP contribution in [-0.2, 0) is 0 Å². The predicted molar refractivity (Wildman–Crippen MR) is 53.2 cm³/mol. The first-order valence-electron chi connectivity index (χ1n) is 4.15. The fraction of sp³-hybridized carbons (Fsp3) is 0.222. The lowest BCUT2D eigenvalue weighted by molar-refractivity contribution is -0.385. The molecule has 0 aliphatic heterocycles. The summed E-state index contributed by atoms with van der Waals surface area (Å²) >= 11 is 0. The maximum Gasteiger partial charge on any atom is 0.343 e. The van der Waals surface area contributed by atoms with Crippen LogP contribution in [0.4, 0.5) is 5.69 Å². The minimum Gasteiger partial charge on any atom is -0.496 e. The van der Waals surface area contributed by atoms with Crippen LogP contribution in [0.25, 0.3) is 0 Å². The van der Waals surface area contributed by atoms with Gasteiger partial charge in [0.1, 0.15) is 5.75 Å². The Morgan fingerprint density at radius 1 is 1.38 bits per heavy atom. The van der Waals surface area contributed by atoms with Gasteiger partial charge in [0, 0.05) is 6.07 Å². The lowest BCUT2D eigenvalue weighted by atomic mass is 10.1. The molecule has 0 unspecified atom stereocenters. The molecule has 16 heavy (non-hydrogen) atoms. The minimum absolute atomic E-state index is 0.00921. The van der Waals surface area contributed by atoms with Gasteiger partial charge >= 0.3 is 11.7 Å². The van der Waals surface area contributed by atoms with Crippen LogP contribution in [0, 0.1) is 10.1 Å². The SMILES string of the molecule is COc1ccc([N+](=O)[O-])c(OC)c1C(=O)O. The molecule has 0 heterocycles. The van der Waals surface area contributed by atoms with Gasteiger partial charge in [-0.3, -0.25) is 10.1 Å². The van der Waals surface area contributed by atoms with Crippen molar-refractivity contribution < 1.29 is 24.3 Å². The van der Waals surface area contributed by atoms with E-state index >= 15 is 0 Å². The number of benzene rings is 1. The number of nitro benzene ring substituents is 1. The molecule has 1 N–H and O–H groups in total. The molecule has 0 aromatic heterocycles. The highest BCUT2D eigenvalue weighted by molar-refractivity contribution is 5.95. The van der Waals surface area contributed by atoms with Crippen LogP contribution in [0.5, 0.6) is 11.5 Å². The second-order valence-corrected chi connectivity index (χ2v) is 2.76. The van der Waals surface area contributed by atoms with Gasteiger partial charge in [0.15, 0.2) is 5.56 Å². The molecule has 0 spiro atoms. The number of nitrogens with zero attached hydrogens (tertiary/aromatic N) is 1. The number of carbonyl (C=O) groups is 1. The third-order valence-corrected chi connectivity index (χ3v) is 1.93. The number of methoxy groups -OCH3 is 2. The van der Waals surface area contributed by atoms with E-state index in [0.29, 0.717) is 0 Å². The average Bonchev–Trinajstić information content (AvgIpc) is 2.26. The standard InChI is InChI=1S/C9H9NO6/c1-15-6-4-3-5(10(13)14)8(16-2)7(6)9(11)12/h3-4H,1-2H3,(H,11,12). The molecule has 1 aromatic carbocycles. The van der Waals surface area contributed by atoms with Crippen LogP contribution in [0.1, 0.15) is 10.4 Å². The summed E-state index contributed by atoms with van der Waals surface area (Å²) in [5.74, 6) is -1.66. The van der Waals surface area contributed by atoms with Gasteiger partial charge in [-0.05, 0) is 6.07 Å². The predicted octanol–water partition coefficient (Wildman–Crippen LogP) is 1.31. The Morgan fingerprint density at radius 2 is 2.00 bits per heavy atom. The van der Waals surface area contributed by atoms with Gasteiger partial charge in [-0.1, -0.05) is 0 Å². The van der Waals surface area contributed by atoms with Gasteiger partial charge in [-0.15, -0.1) is 0 Å². The van der Waals surface area contributed by atoms with Crippen LogP contribution < -0.4 is 9.47 Å². The number of nitro groups is 1. The second kappa shape index (κ2) is 4.47. The summed E-state index contributed by atoms with van der Waals surface area (Å²) in [5.41, 5.74) is -0.778. The van der Waals surface area contributed by atoms with E-state index in [4.69, 9.17) is 14.6 Å². The van der Waals surface area contributed by atoms with E-state index in [1.165, 1.54) is 13.2 Å². The lowest BCUT2D eigenvalue weighted by Crippen LogP contribution is -2.06. The molecule has 86 valence electrons. The van der Waals surface area contributed by atoms with Gasteiger partial charge in [0.25, 0.3) is 0 Å². The zero-order chi connectivity index (χ0) is 12.3. The molecule has 0 atom stereocenters. The number of hydrogen-bond donors (Lipinski definition) is 1. The fourth-order valence-electron chi connectivity index (χ4n) is 1.28. The first-order chi connectivity index (χ1) is 7.52. The number of carboxylic acids is 1. The van der Waals surface area contributed by atoms with Crippen molar-refractivity contribution >= 4 is 11.7 Å². The Labute approximate surface area is 90.4 Å². The molecule has 0 fully saturated rings. The van der Waals surface area contributed by atoms with E-state index in [-0.39, 0.29) is 17.1 Å². The normalized spacial score (nSPS) is 9.62. The molecule has 7 heteroatoms. The van der Waals surface area contributed by atoms with Crippen LogP contribution in [0.15, 0.2) is 12.1 Å². The largest absolute Gasteiger partial charge is 0.496 e. The number of ether oxygens (including phenoxy) is 2.